The molecule has 0 amide bonds. The Labute approximate surface area is 93.3 Å². The Bertz CT molecular complexity index is 333. The predicted molar refractivity (Wildman–Crippen MR) is 60.2 cm³/mol. The van der Waals surface area contributed by atoms with Crippen LogP contribution in [0.1, 0.15) is 41.1 Å². The van der Waals surface area contributed by atoms with Gasteiger partial charge in [0.1, 0.15) is 4.88 Å². The molecule has 1 heterocycles. The minimum Gasteiger partial charge on any atom is -0.275 e. The van der Waals surface area contributed by atoms with E-state index in [1.54, 1.807) is 0 Å². The number of thiazole rings is 1. The molecule has 0 fully saturated rings. The van der Waals surface area contributed by atoms with Crippen LogP contribution >= 0.6 is 22.9 Å². The molecule has 0 saturated carbocycles. The van der Waals surface area contributed by atoms with E-state index in [0.717, 1.165) is 23.5 Å². The van der Waals surface area contributed by atoms with Gasteiger partial charge in [0.15, 0.2) is 0 Å². The van der Waals surface area contributed by atoms with E-state index in [0.29, 0.717) is 10.8 Å². The Hall–Kier alpha value is -0.410. The minimum absolute atomic E-state index is 0.377. The fourth-order valence-electron chi connectivity index (χ4n) is 1.23. The highest BCUT2D eigenvalue weighted by atomic mass is 35.5. The molecular formula is C10H14ClNOS. The maximum absolute atomic E-state index is 11.1. The van der Waals surface area contributed by atoms with Gasteiger partial charge in [0.2, 0.25) is 0 Å². The quantitative estimate of drug-likeness (QED) is 0.745. The van der Waals surface area contributed by atoms with E-state index in [1.807, 2.05) is 6.92 Å². The largest absolute Gasteiger partial charge is 0.275 e. The molecule has 0 aromatic carbocycles. The molecule has 0 bridgehead atoms. The fraction of sp³-hybridized carbons (Fsp3) is 0.600. The molecule has 0 aliphatic rings. The van der Waals surface area contributed by atoms with Crippen LogP contribution in [-0.4, -0.2) is 10.2 Å². The first-order valence-electron chi connectivity index (χ1n) is 4.73. The summed E-state index contributed by atoms with van der Waals surface area (Å²) in [5, 5.41) is 0.613. The van der Waals surface area contributed by atoms with Crippen molar-refractivity contribution in [3.8, 4) is 0 Å². The third-order valence-electron chi connectivity index (χ3n) is 1.82. The summed E-state index contributed by atoms with van der Waals surface area (Å²) in [6.07, 6.45) is 1.68. The van der Waals surface area contributed by atoms with Crippen molar-refractivity contribution in [2.24, 2.45) is 5.92 Å². The van der Waals surface area contributed by atoms with E-state index in [4.69, 9.17) is 11.6 Å². The summed E-state index contributed by atoms with van der Waals surface area (Å²) >= 11 is 6.91. The molecule has 1 rings (SSSR count). The molecule has 14 heavy (non-hydrogen) atoms. The summed E-state index contributed by atoms with van der Waals surface area (Å²) in [6, 6.07) is 0. The zero-order valence-corrected chi connectivity index (χ0v) is 10.2. The van der Waals surface area contributed by atoms with E-state index in [1.165, 1.54) is 11.3 Å². The van der Waals surface area contributed by atoms with Crippen molar-refractivity contribution in [2.45, 2.75) is 33.6 Å². The van der Waals surface area contributed by atoms with Crippen molar-refractivity contribution < 1.29 is 4.79 Å². The van der Waals surface area contributed by atoms with Gasteiger partial charge in [-0.1, -0.05) is 20.8 Å². The van der Waals surface area contributed by atoms with E-state index in [-0.39, 0.29) is 5.24 Å². The molecule has 0 N–H and O–H groups in total. The molecule has 0 saturated heterocycles. The number of aryl methyl sites for hydroxylation is 1. The molecule has 1 aromatic rings. The summed E-state index contributed by atoms with van der Waals surface area (Å²) in [4.78, 5) is 16.1. The monoisotopic (exact) mass is 231 g/mol. The topological polar surface area (TPSA) is 30.0 Å². The lowest BCUT2D eigenvalue weighted by atomic mass is 10.1. The third kappa shape index (κ3) is 2.79. The SMILES string of the molecule is CCc1nc(CC(C)C)c(C(=O)Cl)s1. The maximum atomic E-state index is 11.1. The molecule has 0 radical (unpaired) electrons. The molecule has 4 heteroatoms. The average molecular weight is 232 g/mol. The summed E-state index contributed by atoms with van der Waals surface area (Å²) in [5.74, 6) is 0.497. The Morgan fingerprint density at radius 2 is 2.21 bits per heavy atom. The molecule has 0 aliphatic carbocycles. The minimum atomic E-state index is -0.377. The molecular weight excluding hydrogens is 218 g/mol. The molecule has 0 unspecified atom stereocenters. The smallest absolute Gasteiger partial charge is 0.264 e. The van der Waals surface area contributed by atoms with Crippen molar-refractivity contribution in [3.05, 3.63) is 15.6 Å². The first-order chi connectivity index (χ1) is 6.54. The van der Waals surface area contributed by atoms with Crippen LogP contribution in [-0.2, 0) is 12.8 Å². The Balaban J connectivity index is 2.99. The lowest BCUT2D eigenvalue weighted by molar-refractivity contribution is 0.108. The average Bonchev–Trinajstić information content (AvgIpc) is 2.46. The van der Waals surface area contributed by atoms with Gasteiger partial charge in [-0.2, -0.15) is 0 Å². The van der Waals surface area contributed by atoms with Crippen LogP contribution in [0.15, 0.2) is 0 Å². The van der Waals surface area contributed by atoms with Crippen LogP contribution in [0.25, 0.3) is 0 Å². The van der Waals surface area contributed by atoms with Gasteiger partial charge in [-0.15, -0.1) is 11.3 Å². The molecule has 0 atom stereocenters. The zero-order valence-electron chi connectivity index (χ0n) is 8.63. The van der Waals surface area contributed by atoms with Crippen LogP contribution in [0, 0.1) is 5.92 Å². The third-order valence-corrected chi connectivity index (χ3v) is 3.37. The van der Waals surface area contributed by atoms with Gasteiger partial charge >= 0.3 is 0 Å². The molecule has 0 spiro atoms. The number of carbonyl (C=O) groups excluding carboxylic acids is 1. The second-order valence-corrected chi connectivity index (χ2v) is 5.04. The maximum Gasteiger partial charge on any atom is 0.264 e. The number of hydrogen-bond donors (Lipinski definition) is 0. The van der Waals surface area contributed by atoms with Crippen molar-refractivity contribution in [3.63, 3.8) is 0 Å². The first kappa shape index (κ1) is 11.7. The molecule has 2 nitrogen and oxygen atoms in total. The lowest BCUT2D eigenvalue weighted by Gasteiger charge is -2.01. The number of rotatable bonds is 4. The Kier molecular flexibility index (Phi) is 4.08. The Morgan fingerprint density at radius 3 is 2.64 bits per heavy atom. The number of carbonyl (C=O) groups is 1. The van der Waals surface area contributed by atoms with E-state index >= 15 is 0 Å². The van der Waals surface area contributed by atoms with Gasteiger partial charge in [-0.25, -0.2) is 4.98 Å². The highest BCUT2D eigenvalue weighted by Gasteiger charge is 2.16. The predicted octanol–water partition coefficient (Wildman–Crippen LogP) is 3.28. The number of halogens is 1. The number of aromatic nitrogens is 1. The van der Waals surface area contributed by atoms with Gasteiger partial charge in [0, 0.05) is 0 Å². The highest BCUT2D eigenvalue weighted by molar-refractivity contribution is 7.15. The number of nitrogens with zero attached hydrogens (tertiary/aromatic N) is 1. The van der Waals surface area contributed by atoms with Gasteiger partial charge in [0.25, 0.3) is 5.24 Å². The van der Waals surface area contributed by atoms with Crippen molar-refractivity contribution in [1.29, 1.82) is 0 Å². The van der Waals surface area contributed by atoms with Crippen molar-refractivity contribution in [2.75, 3.05) is 0 Å². The van der Waals surface area contributed by atoms with Crippen LogP contribution < -0.4 is 0 Å². The van der Waals surface area contributed by atoms with E-state index in [9.17, 15) is 4.79 Å². The standard InChI is InChI=1S/C10H14ClNOS/c1-4-8-12-7(5-6(2)3)9(14-8)10(11)13/h6H,4-5H2,1-3H3. The second-order valence-electron chi connectivity index (χ2n) is 3.61. The van der Waals surface area contributed by atoms with E-state index < -0.39 is 0 Å². The normalized spacial score (nSPS) is 10.9. The van der Waals surface area contributed by atoms with E-state index in [2.05, 4.69) is 18.8 Å². The molecule has 0 aliphatic heterocycles. The van der Waals surface area contributed by atoms with Gasteiger partial charge in [0.05, 0.1) is 10.7 Å². The van der Waals surface area contributed by atoms with Crippen molar-refractivity contribution >= 4 is 28.2 Å². The number of hydrogen-bond acceptors (Lipinski definition) is 3. The van der Waals surface area contributed by atoms with Gasteiger partial charge in [-0.05, 0) is 30.4 Å². The summed E-state index contributed by atoms with van der Waals surface area (Å²) < 4.78 is 0. The van der Waals surface area contributed by atoms with Gasteiger partial charge in [-0.3, -0.25) is 4.79 Å². The molecule has 1 aromatic heterocycles. The van der Waals surface area contributed by atoms with Crippen LogP contribution in [0.5, 0.6) is 0 Å². The first-order valence-corrected chi connectivity index (χ1v) is 5.92. The van der Waals surface area contributed by atoms with Gasteiger partial charge < -0.3 is 0 Å². The van der Waals surface area contributed by atoms with Crippen LogP contribution in [0.3, 0.4) is 0 Å². The van der Waals surface area contributed by atoms with Crippen LogP contribution in [0.4, 0.5) is 0 Å². The summed E-state index contributed by atoms with van der Waals surface area (Å²) in [7, 11) is 0. The van der Waals surface area contributed by atoms with Crippen molar-refractivity contribution in [1.82, 2.24) is 4.98 Å². The Morgan fingerprint density at radius 1 is 1.57 bits per heavy atom. The summed E-state index contributed by atoms with van der Waals surface area (Å²) in [5.41, 5.74) is 0.863. The second kappa shape index (κ2) is 4.89. The summed E-state index contributed by atoms with van der Waals surface area (Å²) in [6.45, 7) is 6.24. The fourth-order valence-corrected chi connectivity index (χ4v) is 2.32. The zero-order chi connectivity index (χ0) is 10.7. The van der Waals surface area contributed by atoms with Crippen LogP contribution in [0.2, 0.25) is 0 Å². The highest BCUT2D eigenvalue weighted by Crippen LogP contribution is 2.23. The molecule has 78 valence electrons. The lowest BCUT2D eigenvalue weighted by Crippen LogP contribution is -1.99.